The van der Waals surface area contributed by atoms with Gasteiger partial charge >= 0.3 is 0 Å². The second-order valence-corrected chi connectivity index (χ2v) is 8.28. The predicted molar refractivity (Wildman–Crippen MR) is 110 cm³/mol. The third kappa shape index (κ3) is 5.76. The zero-order chi connectivity index (χ0) is 20.6. The summed E-state index contributed by atoms with van der Waals surface area (Å²) in [7, 11) is -2.08. The Hall–Kier alpha value is -2.48. The van der Waals surface area contributed by atoms with E-state index in [1.165, 1.54) is 4.31 Å². The van der Waals surface area contributed by atoms with Crippen molar-refractivity contribution in [2.75, 3.05) is 26.8 Å². The highest BCUT2D eigenvalue weighted by atomic mass is 32.2. The quantitative estimate of drug-likeness (QED) is 0.490. The number of carbonyl (C=O) groups is 1. The van der Waals surface area contributed by atoms with Crippen LogP contribution in [0.1, 0.15) is 21.5 Å². The van der Waals surface area contributed by atoms with Gasteiger partial charge in [-0.3, -0.25) is 4.79 Å². The third-order valence-corrected chi connectivity index (χ3v) is 5.98. The largest absolute Gasteiger partial charge is 0.383 e. The molecule has 0 saturated carbocycles. The molecule has 6 nitrogen and oxygen atoms in total. The molecule has 7 heteroatoms. The second-order valence-electron chi connectivity index (χ2n) is 6.34. The molecule has 0 radical (unpaired) electrons. The van der Waals surface area contributed by atoms with Crippen molar-refractivity contribution in [3.63, 3.8) is 0 Å². The molecular weight excluding hydrogens is 376 g/mol. The molecule has 0 aromatic heterocycles. The lowest BCUT2D eigenvalue weighted by Crippen LogP contribution is -2.31. The van der Waals surface area contributed by atoms with Crippen LogP contribution < -0.4 is 5.32 Å². The minimum Gasteiger partial charge on any atom is -0.383 e. The minimum atomic E-state index is -3.65. The summed E-state index contributed by atoms with van der Waals surface area (Å²) >= 11 is 0. The SMILES string of the molecule is C=CCN(Cc1ccc(C(=O)NCCOC)cc1)S(=O)(=O)c1ccc(C)cc1. The summed E-state index contributed by atoms with van der Waals surface area (Å²) in [4.78, 5) is 12.3. The molecule has 1 N–H and O–H groups in total. The lowest BCUT2D eigenvalue weighted by Gasteiger charge is -2.21. The molecule has 0 atom stereocenters. The predicted octanol–water partition coefficient (Wildman–Crippen LogP) is 2.75. The van der Waals surface area contributed by atoms with Crippen molar-refractivity contribution in [3.8, 4) is 0 Å². The maximum Gasteiger partial charge on any atom is 0.251 e. The molecule has 0 aliphatic heterocycles. The van der Waals surface area contributed by atoms with E-state index < -0.39 is 10.0 Å². The molecule has 150 valence electrons. The fourth-order valence-electron chi connectivity index (χ4n) is 2.58. The molecule has 0 fully saturated rings. The molecule has 0 aliphatic rings. The number of methoxy groups -OCH3 is 1. The summed E-state index contributed by atoms with van der Waals surface area (Å²) in [5.41, 5.74) is 2.29. The summed E-state index contributed by atoms with van der Waals surface area (Å²) in [5, 5.41) is 2.75. The number of carbonyl (C=O) groups excluding carboxylic acids is 1. The Labute approximate surface area is 166 Å². The molecule has 0 aliphatic carbocycles. The van der Waals surface area contributed by atoms with Gasteiger partial charge in [0.25, 0.3) is 5.91 Å². The van der Waals surface area contributed by atoms with E-state index in [1.807, 2.05) is 6.92 Å². The van der Waals surface area contributed by atoms with Gasteiger partial charge in [-0.05, 0) is 36.8 Å². The van der Waals surface area contributed by atoms with Crippen LogP contribution in [-0.4, -0.2) is 45.4 Å². The summed E-state index contributed by atoms with van der Waals surface area (Å²) < 4.78 is 32.2. The van der Waals surface area contributed by atoms with Gasteiger partial charge in [0.1, 0.15) is 0 Å². The summed E-state index contributed by atoms with van der Waals surface area (Å²) in [6.07, 6.45) is 1.56. The van der Waals surface area contributed by atoms with Crippen molar-refractivity contribution in [1.82, 2.24) is 9.62 Å². The highest BCUT2D eigenvalue weighted by molar-refractivity contribution is 7.89. The van der Waals surface area contributed by atoms with Gasteiger partial charge in [0.05, 0.1) is 11.5 Å². The van der Waals surface area contributed by atoms with Crippen molar-refractivity contribution in [3.05, 3.63) is 77.9 Å². The fourth-order valence-corrected chi connectivity index (χ4v) is 3.98. The van der Waals surface area contributed by atoms with E-state index >= 15 is 0 Å². The number of hydrogen-bond acceptors (Lipinski definition) is 4. The second kappa shape index (κ2) is 10.2. The van der Waals surface area contributed by atoms with Crippen LogP contribution >= 0.6 is 0 Å². The van der Waals surface area contributed by atoms with Crippen LogP contribution in [0.2, 0.25) is 0 Å². The van der Waals surface area contributed by atoms with Gasteiger partial charge in [-0.2, -0.15) is 4.31 Å². The summed E-state index contributed by atoms with van der Waals surface area (Å²) in [6.45, 7) is 6.82. The van der Waals surface area contributed by atoms with E-state index in [-0.39, 0.29) is 23.9 Å². The van der Waals surface area contributed by atoms with Gasteiger partial charge in [-0.25, -0.2) is 8.42 Å². The Balaban J connectivity index is 2.14. The van der Waals surface area contributed by atoms with E-state index in [1.54, 1.807) is 61.7 Å². The molecule has 28 heavy (non-hydrogen) atoms. The third-order valence-electron chi connectivity index (χ3n) is 4.16. The summed E-state index contributed by atoms with van der Waals surface area (Å²) in [6, 6.07) is 13.6. The maximum absolute atomic E-state index is 13.0. The first-order valence-corrected chi connectivity index (χ1v) is 10.4. The first-order chi connectivity index (χ1) is 13.4. The molecule has 0 unspecified atom stereocenters. The van der Waals surface area contributed by atoms with E-state index in [0.717, 1.165) is 11.1 Å². The topological polar surface area (TPSA) is 75.7 Å². The van der Waals surface area contributed by atoms with Crippen LogP contribution in [0.15, 0.2) is 66.1 Å². The van der Waals surface area contributed by atoms with Crippen molar-refractivity contribution in [2.45, 2.75) is 18.4 Å². The molecular formula is C21H26N2O4S. The van der Waals surface area contributed by atoms with Gasteiger partial charge in [-0.15, -0.1) is 6.58 Å². The Kier molecular flexibility index (Phi) is 7.92. The standard InChI is InChI=1S/C21H26N2O4S/c1-4-14-23(28(25,26)20-11-5-17(2)6-12-20)16-18-7-9-19(10-8-18)21(24)22-13-15-27-3/h4-12H,1,13-16H2,2-3H3,(H,22,24). The molecule has 2 aromatic rings. The van der Waals surface area contributed by atoms with Crippen LogP contribution in [0.25, 0.3) is 0 Å². The molecule has 0 bridgehead atoms. The Morgan fingerprint density at radius 2 is 1.79 bits per heavy atom. The van der Waals surface area contributed by atoms with E-state index in [4.69, 9.17) is 4.74 Å². The normalized spacial score (nSPS) is 11.4. The highest BCUT2D eigenvalue weighted by Crippen LogP contribution is 2.19. The number of sulfonamides is 1. The van der Waals surface area contributed by atoms with E-state index in [2.05, 4.69) is 11.9 Å². The van der Waals surface area contributed by atoms with Crippen molar-refractivity contribution < 1.29 is 17.9 Å². The van der Waals surface area contributed by atoms with E-state index in [0.29, 0.717) is 18.7 Å². The first-order valence-electron chi connectivity index (χ1n) is 8.92. The van der Waals surface area contributed by atoms with Gasteiger partial charge in [0.15, 0.2) is 0 Å². The summed E-state index contributed by atoms with van der Waals surface area (Å²) in [5.74, 6) is -0.196. The number of benzene rings is 2. The monoisotopic (exact) mass is 402 g/mol. The van der Waals surface area contributed by atoms with Gasteiger partial charge in [0.2, 0.25) is 10.0 Å². The Morgan fingerprint density at radius 1 is 1.14 bits per heavy atom. The van der Waals surface area contributed by atoms with Crippen LogP contribution in [0, 0.1) is 6.92 Å². The van der Waals surface area contributed by atoms with Crippen LogP contribution in [0.4, 0.5) is 0 Å². The molecule has 0 heterocycles. The number of nitrogens with zero attached hydrogens (tertiary/aromatic N) is 1. The Bertz CT molecular complexity index is 891. The van der Waals surface area contributed by atoms with Crippen LogP contribution in [-0.2, 0) is 21.3 Å². The first kappa shape index (κ1) is 21.8. The minimum absolute atomic E-state index is 0.188. The molecule has 1 amide bonds. The zero-order valence-corrected chi connectivity index (χ0v) is 17.0. The van der Waals surface area contributed by atoms with Gasteiger partial charge in [-0.1, -0.05) is 35.9 Å². The van der Waals surface area contributed by atoms with Crippen LogP contribution in [0.3, 0.4) is 0 Å². The van der Waals surface area contributed by atoms with Gasteiger partial charge in [0, 0.05) is 32.3 Å². The number of ether oxygens (including phenoxy) is 1. The molecule has 2 aromatic carbocycles. The number of rotatable bonds is 10. The van der Waals surface area contributed by atoms with Crippen molar-refractivity contribution >= 4 is 15.9 Å². The average Bonchev–Trinajstić information content (AvgIpc) is 2.68. The molecule has 0 spiro atoms. The maximum atomic E-state index is 13.0. The van der Waals surface area contributed by atoms with Gasteiger partial charge < -0.3 is 10.1 Å². The molecule has 0 saturated heterocycles. The fraction of sp³-hybridized carbons (Fsp3) is 0.286. The van der Waals surface area contributed by atoms with Crippen molar-refractivity contribution in [2.24, 2.45) is 0 Å². The van der Waals surface area contributed by atoms with E-state index in [9.17, 15) is 13.2 Å². The average molecular weight is 403 g/mol. The Morgan fingerprint density at radius 3 is 2.36 bits per heavy atom. The van der Waals surface area contributed by atoms with Crippen LogP contribution in [0.5, 0.6) is 0 Å². The lowest BCUT2D eigenvalue weighted by molar-refractivity contribution is 0.0937. The lowest BCUT2D eigenvalue weighted by atomic mass is 10.1. The number of nitrogens with one attached hydrogen (secondary N) is 1. The zero-order valence-electron chi connectivity index (χ0n) is 16.2. The number of amides is 1. The number of hydrogen-bond donors (Lipinski definition) is 1. The smallest absolute Gasteiger partial charge is 0.251 e. The molecule has 2 rings (SSSR count). The van der Waals surface area contributed by atoms with Crippen molar-refractivity contribution in [1.29, 1.82) is 0 Å². The number of aryl methyl sites for hydroxylation is 1. The highest BCUT2D eigenvalue weighted by Gasteiger charge is 2.23.